The zero-order chi connectivity index (χ0) is 30.7. The highest BCUT2D eigenvalue weighted by atomic mass is 35.5. The molecule has 0 saturated carbocycles. The van der Waals surface area contributed by atoms with E-state index in [1.807, 2.05) is 0 Å². The molecule has 1 N–H and O–H groups in total. The number of nitrogens with one attached hydrogen (secondary N) is 1. The minimum Gasteiger partial charge on any atom is -0.480 e. The van der Waals surface area contributed by atoms with Gasteiger partial charge in [-0.15, -0.1) is 0 Å². The van der Waals surface area contributed by atoms with E-state index < -0.39 is 53.2 Å². The van der Waals surface area contributed by atoms with Crippen molar-refractivity contribution in [2.45, 2.75) is 25.6 Å². The van der Waals surface area contributed by atoms with Crippen molar-refractivity contribution < 1.29 is 41.4 Å². The van der Waals surface area contributed by atoms with Crippen LogP contribution in [0.1, 0.15) is 34.6 Å². The highest BCUT2D eigenvalue weighted by Gasteiger charge is 2.32. The van der Waals surface area contributed by atoms with Crippen molar-refractivity contribution in [3.63, 3.8) is 0 Å². The van der Waals surface area contributed by atoms with Gasteiger partial charge in [0.25, 0.3) is 11.8 Å². The van der Waals surface area contributed by atoms with Crippen LogP contribution in [0.3, 0.4) is 0 Å². The number of carbonyl (C=O) groups excluding carboxylic acids is 3. The Hall–Kier alpha value is -3.90. The summed E-state index contributed by atoms with van der Waals surface area (Å²) in [4.78, 5) is 42.7. The number of anilines is 1. The number of hydrogen-bond acceptors (Lipinski definition) is 6. The van der Waals surface area contributed by atoms with Crippen molar-refractivity contribution in [1.82, 2.24) is 10.3 Å². The summed E-state index contributed by atoms with van der Waals surface area (Å²) in [5, 5.41) is 2.41. The van der Waals surface area contributed by atoms with E-state index >= 15 is 0 Å². The SMILES string of the molecule is COC(=O)C(C)(C)NC(=O)c1ccc(Cl)c(-c2cnc(N(C)C(=O)c3c(F)cccc3Cl)c(OCC(F)(F)F)c2)c1. The van der Waals surface area contributed by atoms with Gasteiger partial charge < -0.3 is 14.8 Å². The van der Waals surface area contributed by atoms with Gasteiger partial charge in [0, 0.05) is 35.0 Å². The van der Waals surface area contributed by atoms with Crippen molar-refractivity contribution in [2.75, 3.05) is 25.7 Å². The zero-order valence-corrected chi connectivity index (χ0v) is 23.5. The largest absolute Gasteiger partial charge is 0.480 e. The number of alkyl halides is 3. The van der Waals surface area contributed by atoms with E-state index in [0.717, 1.165) is 24.1 Å². The van der Waals surface area contributed by atoms with Gasteiger partial charge in [-0.25, -0.2) is 14.2 Å². The van der Waals surface area contributed by atoms with Crippen LogP contribution in [-0.2, 0) is 9.53 Å². The van der Waals surface area contributed by atoms with Gasteiger partial charge in [0.15, 0.2) is 18.2 Å². The lowest BCUT2D eigenvalue weighted by atomic mass is 10.0. The molecule has 0 fully saturated rings. The van der Waals surface area contributed by atoms with E-state index in [-0.39, 0.29) is 32.6 Å². The van der Waals surface area contributed by atoms with E-state index in [1.165, 1.54) is 57.5 Å². The molecule has 41 heavy (non-hydrogen) atoms. The molecule has 218 valence electrons. The maximum absolute atomic E-state index is 14.4. The third kappa shape index (κ3) is 7.44. The number of nitrogens with zero attached hydrogens (tertiary/aromatic N) is 2. The molecule has 0 atom stereocenters. The Balaban J connectivity index is 2.05. The number of esters is 1. The fourth-order valence-electron chi connectivity index (χ4n) is 3.62. The summed E-state index contributed by atoms with van der Waals surface area (Å²) < 4.78 is 63.2. The van der Waals surface area contributed by atoms with Gasteiger partial charge >= 0.3 is 12.1 Å². The molecule has 3 rings (SSSR count). The van der Waals surface area contributed by atoms with Gasteiger partial charge in [0.1, 0.15) is 11.4 Å². The third-order valence-electron chi connectivity index (χ3n) is 5.68. The fourth-order valence-corrected chi connectivity index (χ4v) is 4.09. The summed E-state index contributed by atoms with van der Waals surface area (Å²) in [5.41, 5.74) is -1.52. The molecule has 0 spiro atoms. The normalized spacial score (nSPS) is 11.6. The number of aromatic nitrogens is 1. The van der Waals surface area contributed by atoms with Gasteiger partial charge in [0.2, 0.25) is 0 Å². The summed E-state index contributed by atoms with van der Waals surface area (Å²) in [6.45, 7) is 1.14. The molecule has 0 aliphatic heterocycles. The van der Waals surface area contributed by atoms with Crippen LogP contribution in [0.2, 0.25) is 10.0 Å². The molecule has 0 saturated heterocycles. The molecule has 3 aromatic rings. The standard InChI is InChI=1S/C27H23Cl2F4N3O5/c1-26(2,25(39)40-4)35-23(37)14-8-9-17(28)16(10-14)15-11-20(41-13-27(31,32)33)22(34-12-15)36(3)24(38)21-18(29)6-5-7-19(21)30/h5-12H,13H2,1-4H3,(H,35,37). The minimum atomic E-state index is -4.74. The predicted octanol–water partition coefficient (Wildman–Crippen LogP) is 6.09. The molecule has 0 aliphatic carbocycles. The summed E-state index contributed by atoms with van der Waals surface area (Å²) in [6, 6.07) is 8.79. The molecule has 2 amide bonds. The lowest BCUT2D eigenvalue weighted by molar-refractivity contribution is -0.153. The first kappa shape index (κ1) is 31.6. The number of methoxy groups -OCH3 is 1. The van der Waals surface area contributed by atoms with E-state index in [2.05, 4.69) is 15.0 Å². The lowest BCUT2D eigenvalue weighted by Crippen LogP contribution is -2.50. The summed E-state index contributed by atoms with van der Waals surface area (Å²) in [7, 11) is 2.33. The molecule has 0 aliphatic rings. The first-order chi connectivity index (χ1) is 19.1. The van der Waals surface area contributed by atoms with Crippen LogP contribution in [0, 0.1) is 5.82 Å². The molecule has 2 aromatic carbocycles. The Morgan fingerprint density at radius 3 is 2.34 bits per heavy atom. The second-order valence-corrected chi connectivity index (χ2v) is 9.99. The molecular formula is C27H23Cl2F4N3O5. The number of hydrogen-bond donors (Lipinski definition) is 1. The molecule has 8 nitrogen and oxygen atoms in total. The van der Waals surface area contributed by atoms with Gasteiger partial charge in [-0.2, -0.15) is 13.2 Å². The average Bonchev–Trinajstić information content (AvgIpc) is 2.90. The van der Waals surface area contributed by atoms with Crippen LogP contribution in [0.15, 0.2) is 48.7 Å². The summed E-state index contributed by atoms with van der Waals surface area (Å²) in [5.74, 6) is -4.14. The van der Waals surface area contributed by atoms with Crippen LogP contribution in [-0.4, -0.2) is 55.2 Å². The van der Waals surface area contributed by atoms with Crippen molar-refractivity contribution in [1.29, 1.82) is 0 Å². The Kier molecular flexibility index (Phi) is 9.50. The molecule has 0 radical (unpaired) electrons. The van der Waals surface area contributed by atoms with Gasteiger partial charge in [-0.05, 0) is 50.2 Å². The first-order valence-corrected chi connectivity index (χ1v) is 12.4. The number of rotatable bonds is 8. The summed E-state index contributed by atoms with van der Waals surface area (Å²) >= 11 is 12.3. The van der Waals surface area contributed by atoms with E-state index in [9.17, 15) is 31.9 Å². The average molecular weight is 616 g/mol. The molecule has 14 heteroatoms. The maximum Gasteiger partial charge on any atom is 0.422 e. The maximum atomic E-state index is 14.4. The van der Waals surface area contributed by atoms with Crippen LogP contribution in [0.25, 0.3) is 11.1 Å². The molecule has 1 aromatic heterocycles. The third-order valence-corrected chi connectivity index (χ3v) is 6.33. The quantitative estimate of drug-likeness (QED) is 0.243. The van der Waals surface area contributed by atoms with Gasteiger partial charge in [-0.3, -0.25) is 14.5 Å². The number of pyridine rings is 1. The number of benzene rings is 2. The predicted molar refractivity (Wildman–Crippen MR) is 144 cm³/mol. The second kappa shape index (κ2) is 12.3. The fraction of sp³-hybridized carbons (Fsp3) is 0.259. The first-order valence-electron chi connectivity index (χ1n) is 11.7. The molecule has 0 bridgehead atoms. The Labute approximate surface area is 242 Å². The monoisotopic (exact) mass is 615 g/mol. The van der Waals surface area contributed by atoms with E-state index in [1.54, 1.807) is 0 Å². The Morgan fingerprint density at radius 1 is 1.05 bits per heavy atom. The lowest BCUT2D eigenvalue weighted by Gasteiger charge is -2.23. The van der Waals surface area contributed by atoms with Crippen LogP contribution >= 0.6 is 23.2 Å². The van der Waals surface area contributed by atoms with E-state index in [4.69, 9.17) is 27.9 Å². The Bertz CT molecular complexity index is 1480. The summed E-state index contributed by atoms with van der Waals surface area (Å²) in [6.07, 6.45) is -3.56. The number of halogens is 6. The number of carbonyl (C=O) groups is 3. The van der Waals surface area contributed by atoms with Gasteiger partial charge in [-0.1, -0.05) is 29.3 Å². The molecule has 1 heterocycles. The van der Waals surface area contributed by atoms with Crippen LogP contribution < -0.4 is 15.0 Å². The van der Waals surface area contributed by atoms with Crippen molar-refractivity contribution >= 4 is 46.8 Å². The van der Waals surface area contributed by atoms with E-state index in [0.29, 0.717) is 0 Å². The van der Waals surface area contributed by atoms with Crippen LogP contribution in [0.4, 0.5) is 23.4 Å². The smallest absolute Gasteiger partial charge is 0.422 e. The topological polar surface area (TPSA) is 97.8 Å². The highest BCUT2D eigenvalue weighted by molar-refractivity contribution is 6.34. The number of ether oxygens (including phenoxy) is 2. The number of amides is 2. The Morgan fingerprint density at radius 2 is 1.73 bits per heavy atom. The van der Waals surface area contributed by atoms with Crippen molar-refractivity contribution in [3.05, 3.63) is 75.7 Å². The van der Waals surface area contributed by atoms with Crippen LogP contribution in [0.5, 0.6) is 5.75 Å². The van der Waals surface area contributed by atoms with Crippen molar-refractivity contribution in [2.24, 2.45) is 0 Å². The van der Waals surface area contributed by atoms with Crippen molar-refractivity contribution in [3.8, 4) is 16.9 Å². The highest BCUT2D eigenvalue weighted by Crippen LogP contribution is 2.36. The zero-order valence-electron chi connectivity index (χ0n) is 22.0. The minimum absolute atomic E-state index is 0.0599. The molecule has 0 unspecified atom stereocenters. The molecular weight excluding hydrogens is 593 g/mol. The van der Waals surface area contributed by atoms with Gasteiger partial charge in [0.05, 0.1) is 17.7 Å². The second-order valence-electron chi connectivity index (χ2n) is 9.18.